The van der Waals surface area contributed by atoms with Crippen molar-refractivity contribution >= 4 is 5.78 Å². The van der Waals surface area contributed by atoms with Crippen LogP contribution in [0.1, 0.15) is 15.9 Å². The van der Waals surface area contributed by atoms with Crippen LogP contribution in [0.4, 0.5) is 4.39 Å². The molecule has 1 aliphatic heterocycles. The molecular weight excluding hydrogens is 157 g/mol. The van der Waals surface area contributed by atoms with Crippen LogP contribution >= 0.6 is 0 Å². The van der Waals surface area contributed by atoms with E-state index in [1.165, 1.54) is 12.1 Å². The second-order valence-electron chi connectivity index (χ2n) is 2.83. The molecule has 1 N–H and O–H groups in total. The second-order valence-corrected chi connectivity index (χ2v) is 2.83. The first-order valence-electron chi connectivity index (χ1n) is 3.80. The molecule has 0 saturated carbocycles. The van der Waals surface area contributed by atoms with Gasteiger partial charge in [0.25, 0.3) is 0 Å². The maximum atomic E-state index is 12.7. The SMILES string of the molecule is O=C1CNCc2cc(F)ccc21. The van der Waals surface area contributed by atoms with E-state index in [0.717, 1.165) is 5.56 Å². The summed E-state index contributed by atoms with van der Waals surface area (Å²) in [6.07, 6.45) is 0. The Balaban J connectivity index is 2.53. The lowest BCUT2D eigenvalue weighted by Crippen LogP contribution is -2.29. The van der Waals surface area contributed by atoms with Gasteiger partial charge in [0.15, 0.2) is 5.78 Å². The van der Waals surface area contributed by atoms with Gasteiger partial charge in [0.2, 0.25) is 0 Å². The highest BCUT2D eigenvalue weighted by molar-refractivity contribution is 5.99. The highest BCUT2D eigenvalue weighted by atomic mass is 19.1. The molecule has 0 aliphatic carbocycles. The van der Waals surface area contributed by atoms with Crippen molar-refractivity contribution in [1.29, 1.82) is 0 Å². The molecule has 1 aliphatic rings. The first kappa shape index (κ1) is 7.43. The molecule has 0 radical (unpaired) electrons. The molecule has 3 heteroatoms. The van der Waals surface area contributed by atoms with E-state index in [2.05, 4.69) is 5.32 Å². The van der Waals surface area contributed by atoms with Gasteiger partial charge in [0.05, 0.1) is 6.54 Å². The van der Waals surface area contributed by atoms with E-state index in [1.54, 1.807) is 6.07 Å². The number of benzene rings is 1. The summed E-state index contributed by atoms with van der Waals surface area (Å²) in [5.74, 6) is -0.249. The van der Waals surface area contributed by atoms with Gasteiger partial charge in [-0.2, -0.15) is 0 Å². The van der Waals surface area contributed by atoms with Crippen LogP contribution in [-0.4, -0.2) is 12.3 Å². The molecule has 0 saturated heterocycles. The van der Waals surface area contributed by atoms with Gasteiger partial charge >= 0.3 is 0 Å². The van der Waals surface area contributed by atoms with E-state index in [1.807, 2.05) is 0 Å². The molecule has 62 valence electrons. The minimum atomic E-state index is -0.287. The second kappa shape index (κ2) is 2.68. The molecule has 2 rings (SSSR count). The molecule has 0 unspecified atom stereocenters. The van der Waals surface area contributed by atoms with Crippen LogP contribution in [0, 0.1) is 5.82 Å². The Morgan fingerprint density at radius 3 is 3.00 bits per heavy atom. The summed E-state index contributed by atoms with van der Waals surface area (Å²) in [6.45, 7) is 0.942. The number of carbonyl (C=O) groups excluding carboxylic acids is 1. The number of halogens is 1. The summed E-state index contributed by atoms with van der Waals surface area (Å²) in [6, 6.07) is 4.27. The van der Waals surface area contributed by atoms with E-state index >= 15 is 0 Å². The molecule has 12 heavy (non-hydrogen) atoms. The third-order valence-electron chi connectivity index (χ3n) is 1.97. The third kappa shape index (κ3) is 1.12. The maximum absolute atomic E-state index is 12.7. The number of hydrogen-bond acceptors (Lipinski definition) is 2. The molecule has 1 aromatic rings. The molecule has 2 nitrogen and oxygen atoms in total. The molecule has 0 bridgehead atoms. The molecule has 0 amide bonds. The number of nitrogens with one attached hydrogen (secondary N) is 1. The number of ketones is 1. The van der Waals surface area contributed by atoms with Gasteiger partial charge in [-0.3, -0.25) is 4.79 Å². The van der Waals surface area contributed by atoms with Crippen molar-refractivity contribution in [2.75, 3.05) is 6.54 Å². The molecule has 0 fully saturated rings. The van der Waals surface area contributed by atoms with Gasteiger partial charge in [0, 0.05) is 12.1 Å². The molecule has 0 atom stereocenters. The minimum Gasteiger partial charge on any atom is -0.306 e. The van der Waals surface area contributed by atoms with Crippen LogP contribution in [0.5, 0.6) is 0 Å². The van der Waals surface area contributed by atoms with Crippen LogP contribution < -0.4 is 5.32 Å². The van der Waals surface area contributed by atoms with E-state index in [0.29, 0.717) is 18.7 Å². The molecule has 1 aromatic carbocycles. The topological polar surface area (TPSA) is 29.1 Å². The highest BCUT2D eigenvalue weighted by Gasteiger charge is 2.16. The lowest BCUT2D eigenvalue weighted by molar-refractivity contribution is 0.0982. The predicted octanol–water partition coefficient (Wildman–Crippen LogP) is 1.11. The van der Waals surface area contributed by atoms with Crippen LogP contribution in [-0.2, 0) is 6.54 Å². The Bertz CT molecular complexity index is 335. The summed E-state index contributed by atoms with van der Waals surface area (Å²) >= 11 is 0. The smallest absolute Gasteiger partial charge is 0.176 e. The fourth-order valence-corrected chi connectivity index (χ4v) is 1.39. The van der Waals surface area contributed by atoms with Gasteiger partial charge in [-0.15, -0.1) is 0 Å². The first-order chi connectivity index (χ1) is 5.77. The van der Waals surface area contributed by atoms with Crippen molar-refractivity contribution in [2.45, 2.75) is 6.54 Å². The van der Waals surface area contributed by atoms with Crippen LogP contribution in [0.25, 0.3) is 0 Å². The van der Waals surface area contributed by atoms with Crippen molar-refractivity contribution < 1.29 is 9.18 Å². The Labute approximate surface area is 69.4 Å². The lowest BCUT2D eigenvalue weighted by atomic mass is 10.0. The lowest BCUT2D eigenvalue weighted by Gasteiger charge is -2.15. The number of hydrogen-bond donors (Lipinski definition) is 1. The van der Waals surface area contributed by atoms with Gasteiger partial charge < -0.3 is 5.32 Å². The standard InChI is InChI=1S/C9H8FNO/c10-7-1-2-8-6(3-7)4-11-5-9(8)12/h1-3,11H,4-5H2. The summed E-state index contributed by atoms with van der Waals surface area (Å²) < 4.78 is 12.7. The zero-order chi connectivity index (χ0) is 8.55. The Morgan fingerprint density at radius 2 is 2.17 bits per heavy atom. The van der Waals surface area contributed by atoms with Gasteiger partial charge in [-0.25, -0.2) is 4.39 Å². The zero-order valence-electron chi connectivity index (χ0n) is 6.43. The van der Waals surface area contributed by atoms with Gasteiger partial charge in [-0.05, 0) is 23.8 Å². The van der Waals surface area contributed by atoms with E-state index in [-0.39, 0.29) is 11.6 Å². The van der Waals surface area contributed by atoms with Crippen LogP contribution in [0.3, 0.4) is 0 Å². The summed E-state index contributed by atoms with van der Waals surface area (Å²) in [5.41, 5.74) is 1.40. The van der Waals surface area contributed by atoms with Crippen molar-refractivity contribution in [2.24, 2.45) is 0 Å². The summed E-state index contributed by atoms with van der Waals surface area (Å²) in [5, 5.41) is 2.90. The maximum Gasteiger partial charge on any atom is 0.176 e. The van der Waals surface area contributed by atoms with E-state index in [9.17, 15) is 9.18 Å². The van der Waals surface area contributed by atoms with Gasteiger partial charge in [-0.1, -0.05) is 0 Å². The number of fused-ring (bicyclic) bond motifs is 1. The van der Waals surface area contributed by atoms with Crippen molar-refractivity contribution in [3.05, 3.63) is 35.1 Å². The van der Waals surface area contributed by atoms with Crippen molar-refractivity contribution in [1.82, 2.24) is 5.32 Å². The minimum absolute atomic E-state index is 0.0382. The highest BCUT2D eigenvalue weighted by Crippen LogP contribution is 2.14. The van der Waals surface area contributed by atoms with Crippen LogP contribution in [0.2, 0.25) is 0 Å². The van der Waals surface area contributed by atoms with Crippen molar-refractivity contribution in [3.8, 4) is 0 Å². The average molecular weight is 165 g/mol. The largest absolute Gasteiger partial charge is 0.306 e. The monoisotopic (exact) mass is 165 g/mol. The normalized spacial score (nSPS) is 15.9. The molecule has 0 spiro atoms. The number of carbonyl (C=O) groups is 1. The average Bonchev–Trinajstić information content (AvgIpc) is 2.04. The predicted molar refractivity (Wildman–Crippen MR) is 42.4 cm³/mol. The first-order valence-corrected chi connectivity index (χ1v) is 3.80. The zero-order valence-corrected chi connectivity index (χ0v) is 6.43. The quantitative estimate of drug-likeness (QED) is 0.624. The molecule has 1 heterocycles. The number of rotatable bonds is 0. The fourth-order valence-electron chi connectivity index (χ4n) is 1.39. The summed E-state index contributed by atoms with van der Waals surface area (Å²) in [7, 11) is 0. The van der Waals surface area contributed by atoms with E-state index < -0.39 is 0 Å². The van der Waals surface area contributed by atoms with Crippen LogP contribution in [0.15, 0.2) is 18.2 Å². The Kier molecular flexibility index (Phi) is 1.66. The molecular formula is C9H8FNO. The summed E-state index contributed by atoms with van der Waals surface area (Å²) in [4.78, 5) is 11.2. The Hall–Kier alpha value is -1.22. The third-order valence-corrected chi connectivity index (χ3v) is 1.97. The fraction of sp³-hybridized carbons (Fsp3) is 0.222. The van der Waals surface area contributed by atoms with Crippen molar-refractivity contribution in [3.63, 3.8) is 0 Å². The number of Topliss-reactive ketones (excluding diaryl/α,β-unsaturated/α-hetero) is 1. The molecule has 0 aromatic heterocycles. The van der Waals surface area contributed by atoms with Gasteiger partial charge in [0.1, 0.15) is 5.82 Å². The van der Waals surface area contributed by atoms with E-state index in [4.69, 9.17) is 0 Å². The Morgan fingerprint density at radius 1 is 1.33 bits per heavy atom.